The molecule has 1 aliphatic heterocycles. The van der Waals surface area contributed by atoms with Gasteiger partial charge in [0, 0.05) is 13.1 Å². The van der Waals surface area contributed by atoms with Gasteiger partial charge in [-0.1, -0.05) is 36.8 Å². The van der Waals surface area contributed by atoms with E-state index < -0.39 is 11.9 Å². The van der Waals surface area contributed by atoms with E-state index in [1.165, 1.54) is 0 Å². The molecule has 0 saturated carbocycles. The Balaban J connectivity index is 2.00. The van der Waals surface area contributed by atoms with Crippen LogP contribution in [0.25, 0.3) is 0 Å². The predicted octanol–water partition coefficient (Wildman–Crippen LogP) is 1.72. The van der Waals surface area contributed by atoms with E-state index >= 15 is 0 Å². The topological polar surface area (TPSA) is 57.6 Å². The number of benzene rings is 1. The zero-order valence-corrected chi connectivity index (χ0v) is 11.3. The molecule has 0 bridgehead atoms. The van der Waals surface area contributed by atoms with Crippen LogP contribution in [0.3, 0.4) is 0 Å². The minimum Gasteiger partial charge on any atom is -0.481 e. The summed E-state index contributed by atoms with van der Waals surface area (Å²) in [6.07, 6.45) is 0.348. The molecule has 102 valence electrons. The van der Waals surface area contributed by atoms with E-state index in [4.69, 9.17) is 5.11 Å². The highest BCUT2D eigenvalue weighted by molar-refractivity contribution is 5.81. The Morgan fingerprint density at radius 1 is 1.37 bits per heavy atom. The first-order chi connectivity index (χ1) is 8.97. The summed E-state index contributed by atoms with van der Waals surface area (Å²) in [7, 11) is 0. The molecule has 2 atom stereocenters. The summed E-state index contributed by atoms with van der Waals surface area (Å²) in [5.41, 5.74) is 2.11. The van der Waals surface area contributed by atoms with E-state index in [1.807, 2.05) is 38.1 Å². The molecule has 0 aromatic heterocycles. The molecule has 4 heteroatoms. The second-order valence-electron chi connectivity index (χ2n) is 5.39. The molecular weight excluding hydrogens is 242 g/mol. The van der Waals surface area contributed by atoms with Crippen molar-refractivity contribution < 1.29 is 14.7 Å². The molecule has 19 heavy (non-hydrogen) atoms. The van der Waals surface area contributed by atoms with E-state index in [-0.39, 0.29) is 11.8 Å². The van der Waals surface area contributed by atoms with Crippen molar-refractivity contribution in [3.8, 4) is 0 Å². The summed E-state index contributed by atoms with van der Waals surface area (Å²) in [6, 6.07) is 7.85. The summed E-state index contributed by atoms with van der Waals surface area (Å²) in [6.45, 7) is 4.76. The zero-order valence-electron chi connectivity index (χ0n) is 11.3. The van der Waals surface area contributed by atoms with Gasteiger partial charge in [0.2, 0.25) is 5.91 Å². The quantitative estimate of drug-likeness (QED) is 0.901. The second-order valence-corrected chi connectivity index (χ2v) is 5.39. The molecule has 1 amide bonds. The van der Waals surface area contributed by atoms with Gasteiger partial charge in [-0.2, -0.15) is 0 Å². The van der Waals surface area contributed by atoms with Gasteiger partial charge in [-0.25, -0.2) is 0 Å². The number of aryl methyl sites for hydroxylation is 1. The van der Waals surface area contributed by atoms with Crippen LogP contribution in [0.5, 0.6) is 0 Å². The third-order valence-electron chi connectivity index (χ3n) is 3.72. The van der Waals surface area contributed by atoms with Crippen molar-refractivity contribution >= 4 is 11.9 Å². The number of likely N-dealkylation sites (tertiary alicyclic amines) is 1. The first-order valence-electron chi connectivity index (χ1n) is 6.53. The smallest absolute Gasteiger partial charge is 0.308 e. The number of hydrogen-bond donors (Lipinski definition) is 1. The molecule has 1 saturated heterocycles. The van der Waals surface area contributed by atoms with E-state index in [0.29, 0.717) is 19.5 Å². The average molecular weight is 261 g/mol. The highest BCUT2D eigenvalue weighted by atomic mass is 16.4. The normalized spacial score (nSPS) is 22.5. The number of carbonyl (C=O) groups is 2. The zero-order chi connectivity index (χ0) is 14.0. The highest BCUT2D eigenvalue weighted by Crippen LogP contribution is 2.23. The molecule has 0 radical (unpaired) electrons. The fraction of sp³-hybridized carbons (Fsp3) is 0.467. The lowest BCUT2D eigenvalue weighted by Crippen LogP contribution is -2.31. The van der Waals surface area contributed by atoms with Crippen molar-refractivity contribution in [1.82, 2.24) is 4.90 Å². The van der Waals surface area contributed by atoms with E-state index in [1.54, 1.807) is 4.90 Å². The van der Waals surface area contributed by atoms with Crippen LogP contribution in [0.15, 0.2) is 24.3 Å². The van der Waals surface area contributed by atoms with Gasteiger partial charge < -0.3 is 10.0 Å². The molecule has 4 nitrogen and oxygen atoms in total. The van der Waals surface area contributed by atoms with Crippen LogP contribution in [0.4, 0.5) is 0 Å². The van der Waals surface area contributed by atoms with Gasteiger partial charge in [0.1, 0.15) is 0 Å². The van der Waals surface area contributed by atoms with E-state index in [9.17, 15) is 9.59 Å². The van der Waals surface area contributed by atoms with Crippen LogP contribution in [0, 0.1) is 18.8 Å². The van der Waals surface area contributed by atoms with Crippen molar-refractivity contribution in [2.24, 2.45) is 11.8 Å². The number of rotatable bonds is 3. The van der Waals surface area contributed by atoms with Crippen molar-refractivity contribution in [2.75, 3.05) is 13.1 Å². The van der Waals surface area contributed by atoms with Gasteiger partial charge in [0.25, 0.3) is 0 Å². The number of amides is 1. The first kappa shape index (κ1) is 13.6. The van der Waals surface area contributed by atoms with Gasteiger partial charge in [0.05, 0.1) is 12.3 Å². The third kappa shape index (κ3) is 3.13. The summed E-state index contributed by atoms with van der Waals surface area (Å²) in [5.74, 6) is -1.19. The third-order valence-corrected chi connectivity index (χ3v) is 3.72. The van der Waals surface area contributed by atoms with Crippen LogP contribution in [-0.2, 0) is 16.0 Å². The fourth-order valence-corrected chi connectivity index (χ4v) is 2.60. The second kappa shape index (κ2) is 5.43. The maximum absolute atomic E-state index is 12.2. The lowest BCUT2D eigenvalue weighted by Gasteiger charge is -2.16. The Morgan fingerprint density at radius 2 is 2.11 bits per heavy atom. The molecule has 0 aliphatic carbocycles. The molecule has 1 fully saturated rings. The molecular formula is C15H19NO3. The van der Waals surface area contributed by atoms with Crippen molar-refractivity contribution in [3.05, 3.63) is 35.4 Å². The SMILES string of the molecule is Cc1cccc(CC(=O)N2CC(C)C(C(=O)O)C2)c1. The summed E-state index contributed by atoms with van der Waals surface area (Å²) in [5, 5.41) is 9.07. The number of hydrogen-bond acceptors (Lipinski definition) is 2. The average Bonchev–Trinajstić information content (AvgIpc) is 2.71. The minimum atomic E-state index is -0.807. The summed E-state index contributed by atoms with van der Waals surface area (Å²) in [4.78, 5) is 24.9. The maximum atomic E-state index is 12.2. The van der Waals surface area contributed by atoms with Crippen LogP contribution >= 0.6 is 0 Å². The maximum Gasteiger partial charge on any atom is 0.308 e. The van der Waals surface area contributed by atoms with Gasteiger partial charge >= 0.3 is 5.97 Å². The Bertz CT molecular complexity index is 498. The summed E-state index contributed by atoms with van der Waals surface area (Å²) < 4.78 is 0. The Labute approximate surface area is 113 Å². The molecule has 1 aromatic rings. The number of aliphatic carboxylic acids is 1. The fourth-order valence-electron chi connectivity index (χ4n) is 2.60. The van der Waals surface area contributed by atoms with Crippen molar-refractivity contribution in [2.45, 2.75) is 20.3 Å². The number of carboxylic acid groups (broad SMARTS) is 1. The van der Waals surface area contributed by atoms with Crippen molar-refractivity contribution in [1.29, 1.82) is 0 Å². The molecule has 1 heterocycles. The predicted molar refractivity (Wildman–Crippen MR) is 71.8 cm³/mol. The van der Waals surface area contributed by atoms with Crippen LogP contribution < -0.4 is 0 Å². The Kier molecular flexibility index (Phi) is 3.88. The largest absolute Gasteiger partial charge is 0.481 e. The van der Waals surface area contributed by atoms with Gasteiger partial charge in [-0.15, -0.1) is 0 Å². The molecule has 2 rings (SSSR count). The monoisotopic (exact) mass is 261 g/mol. The molecule has 0 spiro atoms. The molecule has 2 unspecified atom stereocenters. The number of carbonyl (C=O) groups excluding carboxylic acids is 1. The number of carboxylic acids is 1. The van der Waals surface area contributed by atoms with Gasteiger partial charge in [-0.05, 0) is 18.4 Å². The molecule has 1 aromatic carbocycles. The first-order valence-corrected chi connectivity index (χ1v) is 6.53. The lowest BCUT2D eigenvalue weighted by molar-refractivity contribution is -0.142. The van der Waals surface area contributed by atoms with E-state index in [2.05, 4.69) is 0 Å². The van der Waals surface area contributed by atoms with Crippen LogP contribution in [-0.4, -0.2) is 35.0 Å². The lowest BCUT2D eigenvalue weighted by atomic mass is 9.99. The Hall–Kier alpha value is -1.84. The van der Waals surface area contributed by atoms with Crippen molar-refractivity contribution in [3.63, 3.8) is 0 Å². The summed E-state index contributed by atoms with van der Waals surface area (Å²) >= 11 is 0. The highest BCUT2D eigenvalue weighted by Gasteiger charge is 2.36. The minimum absolute atomic E-state index is 0.0150. The van der Waals surface area contributed by atoms with Gasteiger partial charge in [0.15, 0.2) is 0 Å². The number of nitrogens with zero attached hydrogens (tertiary/aromatic N) is 1. The Morgan fingerprint density at radius 3 is 2.68 bits per heavy atom. The van der Waals surface area contributed by atoms with E-state index in [0.717, 1.165) is 11.1 Å². The van der Waals surface area contributed by atoms with Gasteiger partial charge in [-0.3, -0.25) is 9.59 Å². The van der Waals surface area contributed by atoms with Crippen LogP contribution in [0.1, 0.15) is 18.1 Å². The molecule has 1 aliphatic rings. The standard InChI is InChI=1S/C15H19NO3/c1-10-4-3-5-12(6-10)7-14(17)16-8-11(2)13(9-16)15(18)19/h3-6,11,13H,7-9H2,1-2H3,(H,18,19). The molecule has 1 N–H and O–H groups in total. The van der Waals surface area contributed by atoms with Crippen LogP contribution in [0.2, 0.25) is 0 Å².